The van der Waals surface area contributed by atoms with Gasteiger partial charge in [0.2, 0.25) is 5.91 Å². The van der Waals surface area contributed by atoms with E-state index in [1.54, 1.807) is 0 Å². The van der Waals surface area contributed by atoms with Crippen LogP contribution in [0.1, 0.15) is 24.4 Å². The van der Waals surface area contributed by atoms with Gasteiger partial charge in [0.05, 0.1) is 13.7 Å². The summed E-state index contributed by atoms with van der Waals surface area (Å²) in [6, 6.07) is 8.61. The molecule has 2 rings (SSSR count). The molecule has 5 heteroatoms. The maximum absolute atomic E-state index is 11.8. The van der Waals surface area contributed by atoms with Crippen molar-refractivity contribution in [2.45, 2.75) is 18.9 Å². The molecule has 0 aromatic heterocycles. The van der Waals surface area contributed by atoms with E-state index in [0.717, 1.165) is 12.1 Å². The lowest BCUT2D eigenvalue weighted by Crippen LogP contribution is -2.39. The Kier molecular flexibility index (Phi) is 5.12. The van der Waals surface area contributed by atoms with Gasteiger partial charge in [-0.05, 0) is 24.3 Å². The average Bonchev–Trinajstić information content (AvgIpc) is 3.30. The van der Waals surface area contributed by atoms with Crippen molar-refractivity contribution in [3.8, 4) is 0 Å². The molecule has 1 aliphatic carbocycles. The van der Waals surface area contributed by atoms with Gasteiger partial charge in [-0.25, -0.2) is 4.79 Å². The second-order valence-electron chi connectivity index (χ2n) is 5.00. The quantitative estimate of drug-likeness (QED) is 0.730. The molecule has 2 N–H and O–H groups in total. The fraction of sp³-hybridized carbons (Fsp3) is 0.467. The molecule has 1 unspecified atom stereocenters. The Hall–Kier alpha value is -1.88. The summed E-state index contributed by atoms with van der Waals surface area (Å²) in [6.07, 6.45) is 2.39. The van der Waals surface area contributed by atoms with Crippen LogP contribution < -0.4 is 10.6 Å². The molecule has 20 heavy (non-hydrogen) atoms. The molecule has 1 amide bonds. The Morgan fingerprint density at radius 2 is 2.00 bits per heavy atom. The van der Waals surface area contributed by atoms with Crippen LogP contribution in [0.4, 0.5) is 0 Å². The van der Waals surface area contributed by atoms with E-state index in [2.05, 4.69) is 10.6 Å². The van der Waals surface area contributed by atoms with Crippen molar-refractivity contribution < 1.29 is 14.3 Å². The van der Waals surface area contributed by atoms with Gasteiger partial charge in [-0.2, -0.15) is 0 Å². The van der Waals surface area contributed by atoms with Crippen LogP contribution in [0.3, 0.4) is 0 Å². The Morgan fingerprint density at radius 3 is 2.60 bits per heavy atom. The first-order valence-electron chi connectivity index (χ1n) is 6.83. The zero-order valence-corrected chi connectivity index (χ0v) is 11.6. The van der Waals surface area contributed by atoms with E-state index in [-0.39, 0.29) is 12.5 Å². The predicted octanol–water partition coefficient (Wildman–Crippen LogP) is 1.02. The first kappa shape index (κ1) is 14.5. The number of hydrogen-bond donors (Lipinski definition) is 2. The predicted molar refractivity (Wildman–Crippen MR) is 74.9 cm³/mol. The minimum atomic E-state index is -0.618. The molecule has 1 aromatic rings. The molecule has 5 nitrogen and oxygen atoms in total. The lowest BCUT2D eigenvalue weighted by atomic mass is 10.1. The number of carbonyl (C=O) groups is 2. The molecular weight excluding hydrogens is 256 g/mol. The first-order valence-corrected chi connectivity index (χ1v) is 6.83. The molecule has 0 saturated heterocycles. The van der Waals surface area contributed by atoms with Gasteiger partial charge in [-0.15, -0.1) is 0 Å². The maximum atomic E-state index is 11.8. The van der Waals surface area contributed by atoms with Crippen LogP contribution in [0, 0.1) is 5.92 Å². The standard InChI is InChI=1S/C15H20N2O3/c1-20-15(19)14(12-5-3-2-4-6-12)17-10-13(18)16-9-11-7-8-11/h2-6,11,14,17H,7-10H2,1H3,(H,16,18). The Morgan fingerprint density at radius 1 is 1.30 bits per heavy atom. The summed E-state index contributed by atoms with van der Waals surface area (Å²) in [5.41, 5.74) is 0.786. The molecule has 1 aromatic carbocycles. The van der Waals surface area contributed by atoms with Crippen molar-refractivity contribution in [2.75, 3.05) is 20.2 Å². The third kappa shape index (κ3) is 4.35. The molecule has 0 bridgehead atoms. The van der Waals surface area contributed by atoms with Crippen LogP contribution in [-0.4, -0.2) is 32.1 Å². The Balaban J connectivity index is 1.87. The molecule has 1 saturated carbocycles. The number of hydrogen-bond acceptors (Lipinski definition) is 4. The van der Waals surface area contributed by atoms with Crippen molar-refractivity contribution in [1.82, 2.24) is 10.6 Å². The number of rotatable bonds is 7. The Bertz CT molecular complexity index is 457. The molecular formula is C15H20N2O3. The van der Waals surface area contributed by atoms with Crippen molar-refractivity contribution >= 4 is 11.9 Å². The fourth-order valence-corrected chi connectivity index (χ4v) is 1.94. The molecule has 108 valence electrons. The Labute approximate surface area is 118 Å². The summed E-state index contributed by atoms with van der Waals surface area (Å²) >= 11 is 0. The highest BCUT2D eigenvalue weighted by Gasteiger charge is 2.23. The van der Waals surface area contributed by atoms with Gasteiger partial charge in [0, 0.05) is 6.54 Å². The van der Waals surface area contributed by atoms with Crippen LogP contribution >= 0.6 is 0 Å². The lowest BCUT2D eigenvalue weighted by molar-refractivity contribution is -0.143. The topological polar surface area (TPSA) is 67.4 Å². The first-order chi connectivity index (χ1) is 9.70. The van der Waals surface area contributed by atoms with Gasteiger partial charge in [0.1, 0.15) is 6.04 Å². The van der Waals surface area contributed by atoms with E-state index in [1.807, 2.05) is 30.3 Å². The van der Waals surface area contributed by atoms with Crippen LogP contribution in [0.15, 0.2) is 30.3 Å². The summed E-state index contributed by atoms with van der Waals surface area (Å²) in [4.78, 5) is 23.5. The number of benzene rings is 1. The summed E-state index contributed by atoms with van der Waals surface area (Å²) in [7, 11) is 1.34. The molecule has 1 fully saturated rings. The minimum absolute atomic E-state index is 0.0956. The van der Waals surface area contributed by atoms with E-state index in [4.69, 9.17) is 4.74 Å². The highest BCUT2D eigenvalue weighted by molar-refractivity contribution is 5.81. The molecule has 0 spiro atoms. The van der Waals surface area contributed by atoms with Crippen molar-refractivity contribution in [3.63, 3.8) is 0 Å². The van der Waals surface area contributed by atoms with Crippen molar-refractivity contribution in [2.24, 2.45) is 5.92 Å². The number of methoxy groups -OCH3 is 1. The number of ether oxygens (including phenoxy) is 1. The monoisotopic (exact) mass is 276 g/mol. The highest BCUT2D eigenvalue weighted by atomic mass is 16.5. The molecule has 0 heterocycles. The van der Waals surface area contributed by atoms with Gasteiger partial charge < -0.3 is 10.1 Å². The summed E-state index contributed by atoms with van der Waals surface area (Å²) in [5.74, 6) is 0.150. The maximum Gasteiger partial charge on any atom is 0.327 e. The highest BCUT2D eigenvalue weighted by Crippen LogP contribution is 2.27. The second kappa shape index (κ2) is 7.05. The third-order valence-corrected chi connectivity index (χ3v) is 3.32. The molecule has 0 aliphatic heterocycles. The largest absolute Gasteiger partial charge is 0.468 e. The van der Waals surface area contributed by atoms with Crippen molar-refractivity contribution in [1.29, 1.82) is 0 Å². The SMILES string of the molecule is COC(=O)C(NCC(=O)NCC1CC1)c1ccccc1. The molecule has 0 radical (unpaired) electrons. The van der Waals surface area contributed by atoms with Gasteiger partial charge in [-0.3, -0.25) is 10.1 Å². The van der Waals surface area contributed by atoms with Gasteiger partial charge in [0.25, 0.3) is 0 Å². The van der Waals surface area contributed by atoms with E-state index in [1.165, 1.54) is 20.0 Å². The van der Waals surface area contributed by atoms with E-state index >= 15 is 0 Å². The normalized spacial score (nSPS) is 15.4. The average molecular weight is 276 g/mol. The second-order valence-corrected chi connectivity index (χ2v) is 5.00. The third-order valence-electron chi connectivity index (χ3n) is 3.32. The molecule has 1 atom stereocenters. The van der Waals surface area contributed by atoms with Crippen LogP contribution in [-0.2, 0) is 14.3 Å². The number of nitrogens with one attached hydrogen (secondary N) is 2. The van der Waals surface area contributed by atoms with E-state index in [0.29, 0.717) is 5.92 Å². The summed E-state index contributed by atoms with van der Waals surface area (Å²) < 4.78 is 4.77. The zero-order chi connectivity index (χ0) is 14.4. The van der Waals surface area contributed by atoms with Crippen LogP contribution in [0.2, 0.25) is 0 Å². The summed E-state index contributed by atoms with van der Waals surface area (Å²) in [5, 5.41) is 5.80. The summed E-state index contributed by atoms with van der Waals surface area (Å²) in [6.45, 7) is 0.829. The zero-order valence-electron chi connectivity index (χ0n) is 11.6. The van der Waals surface area contributed by atoms with E-state index in [9.17, 15) is 9.59 Å². The number of carbonyl (C=O) groups excluding carboxylic acids is 2. The van der Waals surface area contributed by atoms with Gasteiger partial charge >= 0.3 is 5.97 Å². The van der Waals surface area contributed by atoms with Gasteiger partial charge in [0.15, 0.2) is 0 Å². The van der Waals surface area contributed by atoms with Crippen molar-refractivity contribution in [3.05, 3.63) is 35.9 Å². The number of amides is 1. The fourth-order valence-electron chi connectivity index (χ4n) is 1.94. The smallest absolute Gasteiger partial charge is 0.327 e. The number of esters is 1. The molecule has 1 aliphatic rings. The van der Waals surface area contributed by atoms with E-state index < -0.39 is 12.0 Å². The van der Waals surface area contributed by atoms with Crippen LogP contribution in [0.5, 0.6) is 0 Å². The van der Waals surface area contributed by atoms with Gasteiger partial charge in [-0.1, -0.05) is 30.3 Å². The minimum Gasteiger partial charge on any atom is -0.468 e. The lowest BCUT2D eigenvalue weighted by Gasteiger charge is -2.16. The van der Waals surface area contributed by atoms with Crippen LogP contribution in [0.25, 0.3) is 0 Å².